The lowest BCUT2D eigenvalue weighted by Gasteiger charge is -2.34. The first-order valence-corrected chi connectivity index (χ1v) is 12.8. The Morgan fingerprint density at radius 3 is 2.86 bits per heavy atom. The van der Waals surface area contributed by atoms with Crippen LogP contribution >= 0.6 is 11.8 Å². The number of anilines is 1. The van der Waals surface area contributed by atoms with Crippen LogP contribution < -0.4 is 10.9 Å². The third-order valence-corrected chi connectivity index (χ3v) is 6.08. The molecular formula is C24H31N7O3S. The van der Waals surface area contributed by atoms with E-state index in [1.807, 2.05) is 45.2 Å². The summed E-state index contributed by atoms with van der Waals surface area (Å²) < 4.78 is 8.79. The van der Waals surface area contributed by atoms with Crippen LogP contribution in [0.2, 0.25) is 0 Å². The molecule has 4 rings (SSSR count). The predicted octanol–water partition coefficient (Wildman–Crippen LogP) is 3.70. The van der Waals surface area contributed by atoms with E-state index in [-0.39, 0.29) is 17.7 Å². The number of aromatic nitrogens is 5. The van der Waals surface area contributed by atoms with Crippen molar-refractivity contribution in [2.45, 2.75) is 57.0 Å². The molecule has 186 valence electrons. The molecule has 1 saturated heterocycles. The average Bonchev–Trinajstić information content (AvgIpc) is 3.09. The molecule has 1 aliphatic heterocycles. The van der Waals surface area contributed by atoms with Gasteiger partial charge in [0.25, 0.3) is 5.56 Å². The number of thioether (sulfide) groups is 1. The number of rotatable bonds is 6. The Morgan fingerprint density at radius 1 is 1.34 bits per heavy atom. The van der Waals surface area contributed by atoms with Gasteiger partial charge >= 0.3 is 6.09 Å². The molecule has 0 aromatic carbocycles. The van der Waals surface area contributed by atoms with E-state index in [0.717, 1.165) is 12.8 Å². The Labute approximate surface area is 208 Å². The molecule has 1 amide bonds. The normalized spacial score (nSPS) is 16.3. The standard InChI is InChI=1S/C24H31N7O3S/c1-6-12-30-21(32)17-14-25-22(35-5)28-20(17)31(30)19-11-7-10-18(27-19)26-16-9-8-13-29(15-16)23(33)34-24(2,3)4/h6-7,10-11,14,16H,1,8-9,12-13,15H2,2-5H3,(H,26,27)/t16-/m1/s1. The fourth-order valence-corrected chi connectivity index (χ4v) is 4.38. The van der Waals surface area contributed by atoms with Crippen molar-refractivity contribution in [2.75, 3.05) is 24.7 Å². The van der Waals surface area contributed by atoms with E-state index >= 15 is 0 Å². The highest BCUT2D eigenvalue weighted by atomic mass is 32.2. The molecule has 35 heavy (non-hydrogen) atoms. The van der Waals surface area contributed by atoms with E-state index in [4.69, 9.17) is 9.72 Å². The molecule has 0 radical (unpaired) electrons. The Bertz CT molecular complexity index is 1290. The number of ether oxygens (including phenoxy) is 1. The van der Waals surface area contributed by atoms with Gasteiger partial charge in [0.1, 0.15) is 16.8 Å². The average molecular weight is 498 g/mol. The number of piperidine rings is 1. The molecule has 3 aromatic rings. The Morgan fingerprint density at radius 2 is 2.14 bits per heavy atom. The van der Waals surface area contributed by atoms with Gasteiger partial charge in [0.2, 0.25) is 0 Å². The number of nitrogens with zero attached hydrogens (tertiary/aromatic N) is 6. The summed E-state index contributed by atoms with van der Waals surface area (Å²) in [5.74, 6) is 1.20. The van der Waals surface area contributed by atoms with Gasteiger partial charge in [-0.3, -0.25) is 4.79 Å². The fraction of sp³-hybridized carbons (Fsp3) is 0.458. The number of amides is 1. The molecule has 0 saturated carbocycles. The van der Waals surface area contributed by atoms with Gasteiger partial charge in [0.05, 0.1) is 6.54 Å². The highest BCUT2D eigenvalue weighted by Gasteiger charge is 2.28. The van der Waals surface area contributed by atoms with Crippen molar-refractivity contribution < 1.29 is 9.53 Å². The van der Waals surface area contributed by atoms with Crippen LogP contribution in [0.4, 0.5) is 10.6 Å². The minimum absolute atomic E-state index is 0.0289. The smallest absolute Gasteiger partial charge is 0.410 e. The molecule has 0 spiro atoms. The number of hydrogen-bond acceptors (Lipinski definition) is 8. The molecule has 1 atom stereocenters. The molecule has 0 unspecified atom stereocenters. The first kappa shape index (κ1) is 24.8. The van der Waals surface area contributed by atoms with E-state index in [1.54, 1.807) is 26.5 Å². The highest BCUT2D eigenvalue weighted by molar-refractivity contribution is 7.98. The lowest BCUT2D eigenvalue weighted by Crippen LogP contribution is -2.47. The summed E-state index contributed by atoms with van der Waals surface area (Å²) in [6.45, 7) is 10.9. The lowest BCUT2D eigenvalue weighted by molar-refractivity contribution is 0.0206. The first-order valence-electron chi connectivity index (χ1n) is 11.6. The van der Waals surface area contributed by atoms with Crippen molar-refractivity contribution in [3.63, 3.8) is 0 Å². The lowest BCUT2D eigenvalue weighted by atomic mass is 10.1. The molecular weight excluding hydrogens is 466 g/mol. The van der Waals surface area contributed by atoms with Crippen molar-refractivity contribution in [2.24, 2.45) is 0 Å². The van der Waals surface area contributed by atoms with E-state index in [0.29, 0.717) is 47.5 Å². The van der Waals surface area contributed by atoms with Crippen molar-refractivity contribution in [3.8, 4) is 5.82 Å². The van der Waals surface area contributed by atoms with Crippen LogP contribution in [0.3, 0.4) is 0 Å². The zero-order valence-electron chi connectivity index (χ0n) is 20.5. The van der Waals surface area contributed by atoms with Crippen molar-refractivity contribution in [1.82, 2.24) is 29.2 Å². The van der Waals surface area contributed by atoms with Gasteiger partial charge < -0.3 is 15.0 Å². The SMILES string of the molecule is C=CCn1c(=O)c2cnc(SC)nc2n1-c1cccc(N[C@@H]2CCCN(C(=O)OC(C)(C)C)C2)n1. The van der Waals surface area contributed by atoms with Crippen LogP contribution in [0.1, 0.15) is 33.6 Å². The summed E-state index contributed by atoms with van der Waals surface area (Å²) in [4.78, 5) is 40.9. The van der Waals surface area contributed by atoms with Crippen molar-refractivity contribution >= 4 is 34.7 Å². The molecule has 3 aromatic heterocycles. The summed E-state index contributed by atoms with van der Waals surface area (Å²) in [5.41, 5.74) is -0.240. The molecule has 11 heteroatoms. The summed E-state index contributed by atoms with van der Waals surface area (Å²) >= 11 is 1.41. The number of allylic oxidation sites excluding steroid dienone is 1. The number of carbonyl (C=O) groups is 1. The minimum atomic E-state index is -0.534. The monoisotopic (exact) mass is 497 g/mol. The zero-order chi connectivity index (χ0) is 25.2. The van der Waals surface area contributed by atoms with Crippen LogP contribution in [-0.4, -0.2) is 66.3 Å². The van der Waals surface area contributed by atoms with Crippen molar-refractivity contribution in [1.29, 1.82) is 0 Å². The van der Waals surface area contributed by atoms with E-state index in [1.165, 1.54) is 11.8 Å². The van der Waals surface area contributed by atoms with E-state index in [2.05, 4.69) is 21.9 Å². The Kier molecular flexibility index (Phi) is 7.15. The molecule has 1 fully saturated rings. The predicted molar refractivity (Wildman–Crippen MR) is 137 cm³/mol. The second-order valence-electron chi connectivity index (χ2n) is 9.37. The minimum Gasteiger partial charge on any atom is -0.444 e. The number of hydrogen-bond donors (Lipinski definition) is 1. The van der Waals surface area contributed by atoms with E-state index < -0.39 is 5.60 Å². The number of likely N-dealkylation sites (tertiary alicyclic amines) is 1. The maximum absolute atomic E-state index is 13.0. The van der Waals surface area contributed by atoms with Crippen molar-refractivity contribution in [3.05, 3.63) is 47.4 Å². The maximum Gasteiger partial charge on any atom is 0.410 e. The molecule has 4 heterocycles. The molecule has 1 N–H and O–H groups in total. The fourth-order valence-electron chi connectivity index (χ4n) is 4.05. The summed E-state index contributed by atoms with van der Waals surface area (Å²) in [6, 6.07) is 5.61. The van der Waals surface area contributed by atoms with Crippen LogP contribution in [0.25, 0.3) is 16.9 Å². The van der Waals surface area contributed by atoms with E-state index in [9.17, 15) is 9.59 Å². The van der Waals surface area contributed by atoms with Crippen LogP contribution in [-0.2, 0) is 11.3 Å². The molecule has 1 aliphatic rings. The third-order valence-electron chi connectivity index (χ3n) is 5.51. The third kappa shape index (κ3) is 5.50. The van der Waals surface area contributed by atoms with Crippen LogP contribution in [0, 0.1) is 0 Å². The van der Waals surface area contributed by atoms with Gasteiger partial charge in [0.15, 0.2) is 16.6 Å². The van der Waals surface area contributed by atoms with Crippen LogP contribution in [0.15, 0.2) is 47.0 Å². The molecule has 10 nitrogen and oxygen atoms in total. The van der Waals surface area contributed by atoms with Gasteiger partial charge in [-0.1, -0.05) is 23.9 Å². The van der Waals surface area contributed by atoms with Gasteiger partial charge in [-0.25, -0.2) is 29.1 Å². The number of carbonyl (C=O) groups excluding carboxylic acids is 1. The molecule has 0 aliphatic carbocycles. The second kappa shape index (κ2) is 10.1. The molecule has 0 bridgehead atoms. The number of pyridine rings is 1. The highest BCUT2D eigenvalue weighted by Crippen LogP contribution is 2.21. The zero-order valence-corrected chi connectivity index (χ0v) is 21.3. The topological polar surface area (TPSA) is 107 Å². The summed E-state index contributed by atoms with van der Waals surface area (Å²) in [6.07, 6.45) is 6.58. The van der Waals surface area contributed by atoms with Gasteiger partial charge in [-0.2, -0.15) is 0 Å². The summed E-state index contributed by atoms with van der Waals surface area (Å²) in [5, 5.41) is 4.44. The second-order valence-corrected chi connectivity index (χ2v) is 10.1. The number of fused-ring (bicyclic) bond motifs is 1. The Hall–Kier alpha value is -3.34. The Balaban J connectivity index is 1.62. The largest absolute Gasteiger partial charge is 0.444 e. The quantitative estimate of drug-likeness (QED) is 0.312. The summed E-state index contributed by atoms with van der Waals surface area (Å²) in [7, 11) is 0. The van der Waals surface area contributed by atoms with Gasteiger partial charge in [-0.15, -0.1) is 6.58 Å². The maximum atomic E-state index is 13.0. The van der Waals surface area contributed by atoms with Gasteiger partial charge in [-0.05, 0) is 52.0 Å². The van der Waals surface area contributed by atoms with Gasteiger partial charge in [0, 0.05) is 25.3 Å². The number of nitrogens with one attached hydrogen (secondary N) is 1. The first-order chi connectivity index (χ1) is 16.7. The van der Waals surface area contributed by atoms with Crippen LogP contribution in [0.5, 0.6) is 0 Å².